The molecule has 0 fully saturated rings. The van der Waals surface area contributed by atoms with Gasteiger partial charge < -0.3 is 10.4 Å². The Morgan fingerprint density at radius 2 is 1.76 bits per heavy atom. The van der Waals surface area contributed by atoms with Gasteiger partial charge in [-0.3, -0.25) is 4.79 Å². The normalized spacial score (nSPS) is 11.0. The van der Waals surface area contributed by atoms with Crippen molar-refractivity contribution in [1.82, 2.24) is 5.32 Å². The van der Waals surface area contributed by atoms with E-state index in [4.69, 9.17) is 5.11 Å². The Morgan fingerprint density at radius 1 is 1.24 bits per heavy atom. The summed E-state index contributed by atoms with van der Waals surface area (Å²) in [6, 6.07) is 6.20. The lowest BCUT2D eigenvalue weighted by Crippen LogP contribution is -2.43. The Bertz CT molecular complexity index is 438. The molecular weight excluding hydrogens is 218 g/mol. The number of benzene rings is 1. The number of rotatable bonds is 4. The van der Waals surface area contributed by atoms with Crippen LogP contribution in [0.25, 0.3) is 0 Å². The highest BCUT2D eigenvalue weighted by molar-refractivity contribution is 6.04. The van der Waals surface area contributed by atoms with Crippen molar-refractivity contribution >= 4 is 11.9 Å². The second-order valence-corrected chi connectivity index (χ2v) is 4.54. The van der Waals surface area contributed by atoms with Crippen LogP contribution in [0.4, 0.5) is 0 Å². The molecule has 0 heterocycles. The molecule has 1 rings (SSSR count). The molecule has 0 bridgehead atoms. The fourth-order valence-electron chi connectivity index (χ4n) is 1.33. The second kappa shape index (κ2) is 4.99. The van der Waals surface area contributed by atoms with E-state index in [9.17, 15) is 9.59 Å². The fraction of sp³-hybridized carbons (Fsp3) is 0.385. The zero-order chi connectivity index (χ0) is 13.1. The lowest BCUT2D eigenvalue weighted by atomic mass is 10.00. The van der Waals surface area contributed by atoms with Crippen molar-refractivity contribution in [2.75, 3.05) is 0 Å². The summed E-state index contributed by atoms with van der Waals surface area (Å²) in [6.45, 7) is 5.76. The highest BCUT2D eigenvalue weighted by Gasteiger charge is 2.22. The molecule has 1 aromatic carbocycles. The molecule has 0 atom stereocenters. The Kier molecular flexibility index (Phi) is 3.89. The first-order valence-electron chi connectivity index (χ1n) is 5.52. The highest BCUT2D eigenvalue weighted by atomic mass is 16.4. The number of carboxylic acids is 1. The molecular formula is C13H17NO3. The third kappa shape index (κ3) is 3.31. The molecule has 1 aromatic rings. The van der Waals surface area contributed by atoms with Gasteiger partial charge in [0, 0.05) is 5.54 Å². The molecule has 0 unspecified atom stereocenters. The largest absolute Gasteiger partial charge is 0.478 e. The molecule has 4 nitrogen and oxygen atoms in total. The SMILES string of the molecule is CCC(C)(C)NC(=O)c1ccccc1C(=O)O. The van der Waals surface area contributed by atoms with Gasteiger partial charge >= 0.3 is 5.97 Å². The van der Waals surface area contributed by atoms with Gasteiger partial charge in [-0.15, -0.1) is 0 Å². The van der Waals surface area contributed by atoms with Crippen LogP contribution in [0.3, 0.4) is 0 Å². The van der Waals surface area contributed by atoms with Crippen molar-refractivity contribution in [2.24, 2.45) is 0 Å². The van der Waals surface area contributed by atoms with Crippen molar-refractivity contribution in [3.63, 3.8) is 0 Å². The van der Waals surface area contributed by atoms with E-state index in [1.165, 1.54) is 12.1 Å². The van der Waals surface area contributed by atoms with Crippen LogP contribution in [0.15, 0.2) is 24.3 Å². The summed E-state index contributed by atoms with van der Waals surface area (Å²) in [6.07, 6.45) is 0.772. The van der Waals surface area contributed by atoms with Gasteiger partial charge in [0.05, 0.1) is 11.1 Å². The van der Waals surface area contributed by atoms with Crippen molar-refractivity contribution in [3.05, 3.63) is 35.4 Å². The molecule has 0 radical (unpaired) electrons. The van der Waals surface area contributed by atoms with Gasteiger partial charge in [-0.25, -0.2) is 4.79 Å². The van der Waals surface area contributed by atoms with Crippen LogP contribution in [0, 0.1) is 0 Å². The van der Waals surface area contributed by atoms with Gasteiger partial charge in [-0.1, -0.05) is 19.1 Å². The van der Waals surface area contributed by atoms with E-state index in [1.807, 2.05) is 20.8 Å². The van der Waals surface area contributed by atoms with Crippen molar-refractivity contribution in [1.29, 1.82) is 0 Å². The van der Waals surface area contributed by atoms with E-state index in [-0.39, 0.29) is 22.6 Å². The van der Waals surface area contributed by atoms with E-state index in [0.29, 0.717) is 0 Å². The quantitative estimate of drug-likeness (QED) is 0.841. The maximum atomic E-state index is 12.0. The van der Waals surface area contributed by atoms with E-state index in [2.05, 4.69) is 5.32 Å². The third-order valence-electron chi connectivity index (χ3n) is 2.74. The van der Waals surface area contributed by atoms with Crippen LogP contribution < -0.4 is 5.32 Å². The minimum Gasteiger partial charge on any atom is -0.478 e. The van der Waals surface area contributed by atoms with Gasteiger partial charge in [0.1, 0.15) is 0 Å². The van der Waals surface area contributed by atoms with Crippen LogP contribution in [-0.4, -0.2) is 22.5 Å². The topological polar surface area (TPSA) is 66.4 Å². The average molecular weight is 235 g/mol. The van der Waals surface area contributed by atoms with Crippen LogP contribution >= 0.6 is 0 Å². The fourth-order valence-corrected chi connectivity index (χ4v) is 1.33. The minimum absolute atomic E-state index is 0.0249. The summed E-state index contributed by atoms with van der Waals surface area (Å²) in [4.78, 5) is 23.0. The number of amides is 1. The molecule has 0 saturated heterocycles. The van der Waals surface area contributed by atoms with Gasteiger partial charge in [0.2, 0.25) is 0 Å². The zero-order valence-electron chi connectivity index (χ0n) is 10.3. The molecule has 0 aliphatic carbocycles. The molecule has 1 amide bonds. The van der Waals surface area contributed by atoms with E-state index < -0.39 is 5.97 Å². The molecule has 0 spiro atoms. The molecule has 0 saturated carbocycles. The third-order valence-corrected chi connectivity index (χ3v) is 2.74. The first kappa shape index (κ1) is 13.2. The van der Waals surface area contributed by atoms with Crippen LogP contribution in [0.2, 0.25) is 0 Å². The van der Waals surface area contributed by atoms with Gasteiger partial charge in [0.15, 0.2) is 0 Å². The predicted molar refractivity (Wildman–Crippen MR) is 65.2 cm³/mol. The average Bonchev–Trinajstić information content (AvgIpc) is 2.28. The summed E-state index contributed by atoms with van der Waals surface area (Å²) in [7, 11) is 0. The van der Waals surface area contributed by atoms with Crippen LogP contribution in [0.1, 0.15) is 47.9 Å². The zero-order valence-corrected chi connectivity index (χ0v) is 10.3. The molecule has 92 valence electrons. The van der Waals surface area contributed by atoms with E-state index in [1.54, 1.807) is 12.1 Å². The van der Waals surface area contributed by atoms with Crippen LogP contribution in [-0.2, 0) is 0 Å². The standard InChI is InChI=1S/C13H17NO3/c1-4-13(2,3)14-11(15)9-7-5-6-8-10(9)12(16)17/h5-8H,4H2,1-3H3,(H,14,15)(H,16,17). The molecule has 0 aliphatic rings. The molecule has 4 heteroatoms. The second-order valence-electron chi connectivity index (χ2n) is 4.54. The maximum Gasteiger partial charge on any atom is 0.336 e. The van der Waals surface area contributed by atoms with Gasteiger partial charge in [-0.2, -0.15) is 0 Å². The Labute approximate surface area is 101 Å². The predicted octanol–water partition coefficient (Wildman–Crippen LogP) is 2.30. The maximum absolute atomic E-state index is 12.0. The summed E-state index contributed by atoms with van der Waals surface area (Å²) in [5, 5.41) is 11.8. The van der Waals surface area contributed by atoms with Crippen molar-refractivity contribution < 1.29 is 14.7 Å². The van der Waals surface area contributed by atoms with Crippen LogP contribution in [0.5, 0.6) is 0 Å². The first-order valence-corrected chi connectivity index (χ1v) is 5.52. The number of carbonyl (C=O) groups is 2. The minimum atomic E-state index is -1.09. The van der Waals surface area contributed by atoms with Gasteiger partial charge in [0.25, 0.3) is 5.91 Å². The lowest BCUT2D eigenvalue weighted by molar-refractivity contribution is 0.0689. The highest BCUT2D eigenvalue weighted by Crippen LogP contribution is 2.12. The smallest absolute Gasteiger partial charge is 0.336 e. The van der Waals surface area contributed by atoms with Crippen molar-refractivity contribution in [3.8, 4) is 0 Å². The summed E-state index contributed by atoms with van der Waals surface area (Å²) >= 11 is 0. The monoisotopic (exact) mass is 235 g/mol. The number of carboxylic acid groups (broad SMARTS) is 1. The van der Waals surface area contributed by atoms with Crippen molar-refractivity contribution in [2.45, 2.75) is 32.7 Å². The Balaban J connectivity index is 3.01. The molecule has 17 heavy (non-hydrogen) atoms. The lowest BCUT2D eigenvalue weighted by Gasteiger charge is -2.24. The number of nitrogens with one attached hydrogen (secondary N) is 1. The van der Waals surface area contributed by atoms with E-state index in [0.717, 1.165) is 6.42 Å². The molecule has 0 aliphatic heterocycles. The Morgan fingerprint density at radius 3 is 2.24 bits per heavy atom. The molecule has 2 N–H and O–H groups in total. The first-order chi connectivity index (χ1) is 7.87. The number of hydrogen-bond acceptors (Lipinski definition) is 2. The molecule has 0 aromatic heterocycles. The van der Waals surface area contributed by atoms with Gasteiger partial charge in [-0.05, 0) is 32.4 Å². The number of hydrogen-bond donors (Lipinski definition) is 2. The summed E-state index contributed by atoms with van der Waals surface area (Å²) < 4.78 is 0. The summed E-state index contributed by atoms with van der Waals surface area (Å²) in [5.41, 5.74) is -0.124. The number of aromatic carboxylic acids is 1. The summed E-state index contributed by atoms with van der Waals surface area (Å²) in [5.74, 6) is -1.44. The number of carbonyl (C=O) groups excluding carboxylic acids is 1. The van der Waals surface area contributed by atoms with E-state index >= 15 is 0 Å². The Hall–Kier alpha value is -1.84.